The van der Waals surface area contributed by atoms with Gasteiger partial charge in [-0.1, -0.05) is 12.1 Å². The molecule has 2 aromatic rings. The van der Waals surface area contributed by atoms with E-state index in [0.29, 0.717) is 5.69 Å². The Labute approximate surface area is 169 Å². The number of nitro groups is 1. The number of thioether (sulfide) groups is 1. The van der Waals surface area contributed by atoms with Crippen molar-refractivity contribution in [1.29, 1.82) is 0 Å². The summed E-state index contributed by atoms with van der Waals surface area (Å²) in [7, 11) is 1.26. The standard InChI is InChI=1S/C18H16N4O6S/c1-28-13-7-11(22(26)27)6-10(17(13)24)9-19-21-16(23)8-15-18(25)20-12-4-2-3-5-14(12)29-15/h2-7,9,15,24H,8H2,1H3,(H,20,25)(H,21,23). The van der Waals surface area contributed by atoms with Gasteiger partial charge in [0.25, 0.3) is 5.69 Å². The van der Waals surface area contributed by atoms with Crippen LogP contribution in [0.15, 0.2) is 46.4 Å². The molecule has 0 aliphatic carbocycles. The number of nitrogens with zero attached hydrogens (tertiary/aromatic N) is 2. The largest absolute Gasteiger partial charge is 0.504 e. The first kappa shape index (κ1) is 20.1. The Morgan fingerprint density at radius 2 is 2.21 bits per heavy atom. The van der Waals surface area contributed by atoms with Crippen LogP contribution in [0.4, 0.5) is 11.4 Å². The molecule has 0 saturated carbocycles. The van der Waals surface area contributed by atoms with Crippen LogP contribution in [-0.4, -0.2) is 40.4 Å². The fourth-order valence-electron chi connectivity index (χ4n) is 2.59. The minimum absolute atomic E-state index is 0.00457. The average Bonchev–Trinajstić information content (AvgIpc) is 2.69. The number of rotatable bonds is 6. The summed E-state index contributed by atoms with van der Waals surface area (Å²) in [5.41, 5.74) is 2.64. The van der Waals surface area contributed by atoms with Crippen molar-refractivity contribution in [3.8, 4) is 11.5 Å². The molecule has 11 heteroatoms. The van der Waals surface area contributed by atoms with Gasteiger partial charge in [0.2, 0.25) is 11.8 Å². The first-order chi connectivity index (χ1) is 13.9. The molecular formula is C18H16N4O6S. The van der Waals surface area contributed by atoms with Crippen molar-refractivity contribution in [2.75, 3.05) is 12.4 Å². The zero-order valence-electron chi connectivity index (χ0n) is 15.1. The third kappa shape index (κ3) is 4.63. The van der Waals surface area contributed by atoms with Crippen LogP contribution in [0.2, 0.25) is 0 Å². The molecule has 29 heavy (non-hydrogen) atoms. The highest BCUT2D eigenvalue weighted by molar-refractivity contribution is 8.01. The van der Waals surface area contributed by atoms with Gasteiger partial charge in [0.1, 0.15) is 0 Å². The number of para-hydroxylation sites is 1. The summed E-state index contributed by atoms with van der Waals surface area (Å²) in [6.45, 7) is 0. The monoisotopic (exact) mass is 416 g/mol. The molecule has 1 atom stereocenters. The van der Waals surface area contributed by atoms with Crippen LogP contribution in [0.1, 0.15) is 12.0 Å². The quantitative estimate of drug-likeness (QED) is 0.372. The van der Waals surface area contributed by atoms with Gasteiger partial charge in [-0.05, 0) is 12.1 Å². The highest BCUT2D eigenvalue weighted by Gasteiger charge is 2.28. The summed E-state index contributed by atoms with van der Waals surface area (Å²) in [5.74, 6) is -1.25. The molecule has 0 bridgehead atoms. The lowest BCUT2D eigenvalue weighted by Crippen LogP contribution is -2.33. The molecular weight excluding hydrogens is 400 g/mol. The maximum Gasteiger partial charge on any atom is 0.274 e. The van der Waals surface area contributed by atoms with Crippen LogP contribution in [0.3, 0.4) is 0 Å². The van der Waals surface area contributed by atoms with Gasteiger partial charge in [0.05, 0.1) is 35.3 Å². The summed E-state index contributed by atoms with van der Waals surface area (Å²) in [6.07, 6.45) is 0.943. The lowest BCUT2D eigenvalue weighted by atomic mass is 10.2. The number of phenolic OH excluding ortho intramolecular Hbond substituents is 1. The number of hydrazone groups is 1. The Hall–Kier alpha value is -3.60. The Morgan fingerprint density at radius 1 is 1.45 bits per heavy atom. The van der Waals surface area contributed by atoms with Gasteiger partial charge in [0.15, 0.2) is 11.5 Å². The molecule has 3 N–H and O–H groups in total. The maximum atomic E-state index is 12.1. The average molecular weight is 416 g/mol. The second-order valence-electron chi connectivity index (χ2n) is 5.93. The van der Waals surface area contributed by atoms with Crippen molar-refractivity contribution >= 4 is 41.2 Å². The molecule has 10 nitrogen and oxygen atoms in total. The van der Waals surface area contributed by atoms with Gasteiger partial charge < -0.3 is 15.2 Å². The van der Waals surface area contributed by atoms with E-state index in [4.69, 9.17) is 4.74 Å². The van der Waals surface area contributed by atoms with Gasteiger partial charge in [-0.2, -0.15) is 5.10 Å². The topological polar surface area (TPSA) is 143 Å². The number of aromatic hydroxyl groups is 1. The number of benzene rings is 2. The van der Waals surface area contributed by atoms with Crippen molar-refractivity contribution in [2.45, 2.75) is 16.6 Å². The molecule has 0 aromatic heterocycles. The number of methoxy groups -OCH3 is 1. The number of phenols is 1. The Kier molecular flexibility index (Phi) is 5.98. The molecule has 1 heterocycles. The number of carbonyl (C=O) groups is 2. The third-order valence-corrected chi connectivity index (χ3v) is 5.27. The second-order valence-corrected chi connectivity index (χ2v) is 7.18. The Balaban J connectivity index is 1.65. The molecule has 0 fully saturated rings. The van der Waals surface area contributed by atoms with Crippen LogP contribution in [-0.2, 0) is 9.59 Å². The SMILES string of the molecule is COc1cc([N+](=O)[O-])cc(C=NNC(=O)CC2Sc3ccccc3NC2=O)c1O. The lowest BCUT2D eigenvalue weighted by molar-refractivity contribution is -0.385. The van der Waals surface area contributed by atoms with E-state index in [9.17, 15) is 24.8 Å². The number of nitrogens with one attached hydrogen (secondary N) is 2. The molecule has 0 radical (unpaired) electrons. The summed E-state index contributed by atoms with van der Waals surface area (Å²) in [6, 6.07) is 9.43. The summed E-state index contributed by atoms with van der Waals surface area (Å²) >= 11 is 1.28. The molecule has 2 amide bonds. The van der Waals surface area contributed by atoms with E-state index in [1.54, 1.807) is 12.1 Å². The van der Waals surface area contributed by atoms with E-state index in [0.717, 1.165) is 23.2 Å². The van der Waals surface area contributed by atoms with Crippen LogP contribution < -0.4 is 15.5 Å². The fraction of sp³-hybridized carbons (Fsp3) is 0.167. The molecule has 150 valence electrons. The number of carbonyl (C=O) groups excluding carboxylic acids is 2. The van der Waals surface area contributed by atoms with Crippen LogP contribution >= 0.6 is 11.8 Å². The number of anilines is 1. The van der Waals surface area contributed by atoms with E-state index in [2.05, 4.69) is 15.8 Å². The van der Waals surface area contributed by atoms with Crippen molar-refractivity contribution in [2.24, 2.45) is 5.10 Å². The molecule has 1 aliphatic heterocycles. The van der Waals surface area contributed by atoms with E-state index in [1.165, 1.54) is 18.9 Å². The number of fused-ring (bicyclic) bond motifs is 1. The van der Waals surface area contributed by atoms with Gasteiger partial charge in [0, 0.05) is 22.9 Å². The molecule has 1 aliphatic rings. The number of amides is 2. The van der Waals surface area contributed by atoms with Crippen LogP contribution in [0, 0.1) is 10.1 Å². The third-order valence-electron chi connectivity index (χ3n) is 3.99. The predicted octanol–water partition coefficient (Wildman–Crippen LogP) is 2.26. The van der Waals surface area contributed by atoms with Crippen molar-refractivity contribution in [3.63, 3.8) is 0 Å². The number of hydrogen-bond donors (Lipinski definition) is 3. The van der Waals surface area contributed by atoms with Crippen molar-refractivity contribution < 1.29 is 24.4 Å². The number of nitro benzene ring substituents is 1. The molecule has 1 unspecified atom stereocenters. The minimum Gasteiger partial charge on any atom is -0.504 e. The number of ether oxygens (including phenoxy) is 1. The van der Waals surface area contributed by atoms with E-state index in [-0.39, 0.29) is 35.1 Å². The lowest BCUT2D eigenvalue weighted by Gasteiger charge is -2.23. The van der Waals surface area contributed by atoms with E-state index >= 15 is 0 Å². The van der Waals surface area contributed by atoms with E-state index in [1.807, 2.05) is 12.1 Å². The number of non-ortho nitro benzene ring substituents is 1. The second kappa shape index (κ2) is 8.61. The van der Waals surface area contributed by atoms with E-state index < -0.39 is 16.1 Å². The van der Waals surface area contributed by atoms with Crippen LogP contribution in [0.5, 0.6) is 11.5 Å². The molecule has 0 saturated heterocycles. The van der Waals surface area contributed by atoms with Crippen LogP contribution in [0.25, 0.3) is 0 Å². The van der Waals surface area contributed by atoms with Gasteiger partial charge in [-0.25, -0.2) is 5.43 Å². The van der Waals surface area contributed by atoms with Crippen molar-refractivity contribution in [1.82, 2.24) is 5.43 Å². The summed E-state index contributed by atoms with van der Waals surface area (Å²) in [4.78, 5) is 35.5. The summed E-state index contributed by atoms with van der Waals surface area (Å²) in [5, 5.41) is 26.8. The first-order valence-electron chi connectivity index (χ1n) is 8.33. The van der Waals surface area contributed by atoms with Crippen molar-refractivity contribution in [3.05, 3.63) is 52.1 Å². The minimum atomic E-state index is -0.644. The summed E-state index contributed by atoms with van der Waals surface area (Å²) < 4.78 is 4.89. The van der Waals surface area contributed by atoms with Gasteiger partial charge >= 0.3 is 0 Å². The first-order valence-corrected chi connectivity index (χ1v) is 9.21. The highest BCUT2D eigenvalue weighted by Crippen LogP contribution is 2.36. The Morgan fingerprint density at radius 3 is 2.93 bits per heavy atom. The highest BCUT2D eigenvalue weighted by atomic mass is 32.2. The predicted molar refractivity (Wildman–Crippen MR) is 106 cm³/mol. The molecule has 0 spiro atoms. The van der Waals surface area contributed by atoms with Gasteiger partial charge in [-0.15, -0.1) is 11.8 Å². The normalized spacial score (nSPS) is 15.5. The zero-order valence-corrected chi connectivity index (χ0v) is 15.9. The number of hydrogen-bond acceptors (Lipinski definition) is 8. The van der Waals surface area contributed by atoms with Gasteiger partial charge in [-0.3, -0.25) is 19.7 Å². The Bertz CT molecular complexity index is 1010. The smallest absolute Gasteiger partial charge is 0.274 e. The maximum absolute atomic E-state index is 12.1. The zero-order chi connectivity index (χ0) is 21.0. The molecule has 3 rings (SSSR count). The fourth-order valence-corrected chi connectivity index (χ4v) is 3.70. The molecule has 2 aromatic carbocycles.